The van der Waals surface area contributed by atoms with Gasteiger partial charge in [0.25, 0.3) is 0 Å². The maximum Gasteiger partial charge on any atom is 0.209 e. The Kier molecular flexibility index (Phi) is 4.65. The van der Waals surface area contributed by atoms with Gasteiger partial charge in [-0.05, 0) is 19.1 Å². The zero-order valence-electron chi connectivity index (χ0n) is 11.8. The fourth-order valence-corrected chi connectivity index (χ4v) is 2.11. The number of carbonyl (C=O) groups excluding carboxylic acids is 1. The Labute approximate surface area is 132 Å². The average molecular weight is 325 g/mol. The zero-order valence-corrected chi connectivity index (χ0v) is 13.4. The molecule has 2 aromatic rings. The number of allylic oxidation sites excluding steroid dienone is 1. The van der Waals surface area contributed by atoms with Gasteiger partial charge in [0.2, 0.25) is 5.78 Å². The van der Waals surface area contributed by atoms with Crippen LogP contribution in [0, 0.1) is 6.92 Å². The summed E-state index contributed by atoms with van der Waals surface area (Å²) in [4.78, 5) is 13.8. The van der Waals surface area contributed by atoms with Gasteiger partial charge in [0, 0.05) is 26.4 Å². The topological polar surface area (TPSA) is 51.0 Å². The molecule has 0 radical (unpaired) electrons. The van der Waals surface area contributed by atoms with Crippen molar-refractivity contribution in [1.29, 1.82) is 0 Å². The van der Waals surface area contributed by atoms with Crippen molar-refractivity contribution >= 4 is 29.0 Å². The molecule has 1 aromatic carbocycles. The molecule has 0 N–H and O–H groups in total. The number of carbonyl (C=O) groups is 1. The molecule has 0 saturated carbocycles. The lowest BCUT2D eigenvalue weighted by atomic mass is 10.2. The summed E-state index contributed by atoms with van der Waals surface area (Å²) in [5, 5.41) is 8.72. The Morgan fingerprint density at radius 2 is 2.05 bits per heavy atom. The van der Waals surface area contributed by atoms with Crippen LogP contribution in [0.3, 0.4) is 0 Å². The summed E-state index contributed by atoms with van der Waals surface area (Å²) in [6.45, 7) is 1.76. The van der Waals surface area contributed by atoms with Crippen molar-refractivity contribution in [3.63, 3.8) is 0 Å². The van der Waals surface area contributed by atoms with Crippen LogP contribution < -0.4 is 0 Å². The Morgan fingerprint density at radius 1 is 1.33 bits per heavy atom. The Bertz CT molecular complexity index is 707. The van der Waals surface area contributed by atoms with Gasteiger partial charge in [-0.3, -0.25) is 4.79 Å². The van der Waals surface area contributed by atoms with Crippen LogP contribution in [0.2, 0.25) is 10.0 Å². The molecule has 0 unspecified atom stereocenters. The highest BCUT2D eigenvalue weighted by atomic mass is 35.5. The molecule has 0 fully saturated rings. The van der Waals surface area contributed by atoms with E-state index in [4.69, 9.17) is 23.2 Å². The van der Waals surface area contributed by atoms with Crippen LogP contribution in [-0.2, 0) is 0 Å². The van der Waals surface area contributed by atoms with Crippen LogP contribution in [0.4, 0.5) is 0 Å². The lowest BCUT2D eigenvalue weighted by Gasteiger charge is -2.06. The molecular formula is C14H14Cl2N4O. The van der Waals surface area contributed by atoms with Crippen LogP contribution in [0.25, 0.3) is 5.69 Å². The van der Waals surface area contributed by atoms with Crippen molar-refractivity contribution in [3.05, 3.63) is 51.9 Å². The van der Waals surface area contributed by atoms with Gasteiger partial charge < -0.3 is 4.90 Å². The number of hydrogen-bond donors (Lipinski definition) is 0. The molecule has 110 valence electrons. The SMILES string of the molecule is Cc1c(C(=O)/C=C/N(C)C)nnn1-c1cccc(Cl)c1Cl. The second-order valence-electron chi connectivity index (χ2n) is 4.65. The number of halogens is 2. The highest BCUT2D eigenvalue weighted by Crippen LogP contribution is 2.28. The molecule has 0 bridgehead atoms. The monoisotopic (exact) mass is 324 g/mol. The quantitative estimate of drug-likeness (QED) is 0.640. The molecule has 0 atom stereocenters. The minimum absolute atomic E-state index is 0.217. The Morgan fingerprint density at radius 3 is 2.71 bits per heavy atom. The Hall–Kier alpha value is -1.85. The first-order valence-corrected chi connectivity index (χ1v) is 6.93. The molecule has 0 amide bonds. The van der Waals surface area contributed by atoms with Gasteiger partial charge in [-0.25, -0.2) is 4.68 Å². The molecule has 0 spiro atoms. The van der Waals surface area contributed by atoms with E-state index in [2.05, 4.69) is 10.3 Å². The number of aromatic nitrogens is 3. The maximum absolute atomic E-state index is 12.1. The smallest absolute Gasteiger partial charge is 0.209 e. The standard InChI is InChI=1S/C14H14Cl2N4O/c1-9-14(12(21)7-8-19(2)3)17-18-20(9)11-6-4-5-10(15)13(11)16/h4-8H,1-3H3/b8-7+. The highest BCUT2D eigenvalue weighted by molar-refractivity contribution is 6.43. The molecule has 0 saturated heterocycles. The van der Waals surface area contributed by atoms with Crippen LogP contribution in [0.15, 0.2) is 30.5 Å². The van der Waals surface area contributed by atoms with Crippen molar-refractivity contribution in [2.24, 2.45) is 0 Å². The van der Waals surface area contributed by atoms with Gasteiger partial charge in [0.15, 0.2) is 5.69 Å². The van der Waals surface area contributed by atoms with Crippen LogP contribution in [0.5, 0.6) is 0 Å². The number of ketones is 1. The van der Waals surface area contributed by atoms with Crippen molar-refractivity contribution < 1.29 is 4.79 Å². The van der Waals surface area contributed by atoms with Gasteiger partial charge in [-0.15, -0.1) is 5.10 Å². The molecule has 0 aliphatic heterocycles. The van der Waals surface area contributed by atoms with Crippen molar-refractivity contribution in [2.75, 3.05) is 14.1 Å². The lowest BCUT2D eigenvalue weighted by molar-refractivity contribution is 0.104. The first kappa shape index (κ1) is 15.5. The first-order chi connectivity index (χ1) is 9.91. The first-order valence-electron chi connectivity index (χ1n) is 6.17. The zero-order chi connectivity index (χ0) is 15.6. The minimum Gasteiger partial charge on any atom is -0.383 e. The molecular weight excluding hydrogens is 311 g/mol. The summed E-state index contributed by atoms with van der Waals surface area (Å²) in [7, 11) is 3.67. The van der Waals surface area contributed by atoms with Gasteiger partial charge in [0.05, 0.1) is 21.4 Å². The number of hydrogen-bond acceptors (Lipinski definition) is 4. The fraction of sp³-hybridized carbons (Fsp3) is 0.214. The van der Waals surface area contributed by atoms with Gasteiger partial charge in [-0.1, -0.05) is 34.5 Å². The number of rotatable bonds is 4. The van der Waals surface area contributed by atoms with Crippen molar-refractivity contribution in [3.8, 4) is 5.69 Å². The largest absolute Gasteiger partial charge is 0.383 e. The minimum atomic E-state index is -0.217. The van der Waals surface area contributed by atoms with Gasteiger partial charge in [0.1, 0.15) is 0 Å². The molecule has 7 heteroatoms. The number of benzene rings is 1. The number of nitrogens with zero attached hydrogens (tertiary/aromatic N) is 4. The van der Waals surface area contributed by atoms with E-state index in [0.29, 0.717) is 21.4 Å². The summed E-state index contributed by atoms with van der Waals surface area (Å²) in [6.07, 6.45) is 3.11. The molecule has 0 aliphatic rings. The van der Waals surface area contributed by atoms with E-state index in [1.807, 2.05) is 14.1 Å². The molecule has 1 aromatic heterocycles. The average Bonchev–Trinajstić information content (AvgIpc) is 2.81. The summed E-state index contributed by atoms with van der Waals surface area (Å²) in [5.74, 6) is -0.217. The summed E-state index contributed by atoms with van der Waals surface area (Å²) >= 11 is 12.2. The third-order valence-corrected chi connectivity index (χ3v) is 3.62. The van der Waals surface area contributed by atoms with Crippen LogP contribution in [0.1, 0.15) is 16.2 Å². The predicted octanol–water partition coefficient (Wildman–Crippen LogP) is 3.14. The van der Waals surface area contributed by atoms with Gasteiger partial charge in [-0.2, -0.15) is 0 Å². The lowest BCUT2D eigenvalue weighted by Crippen LogP contribution is -2.05. The highest BCUT2D eigenvalue weighted by Gasteiger charge is 2.17. The van der Waals surface area contributed by atoms with Crippen molar-refractivity contribution in [2.45, 2.75) is 6.92 Å². The van der Waals surface area contributed by atoms with E-state index in [1.54, 1.807) is 36.2 Å². The normalized spacial score (nSPS) is 11.1. The van der Waals surface area contributed by atoms with Crippen LogP contribution in [-0.4, -0.2) is 39.8 Å². The van der Waals surface area contributed by atoms with E-state index in [9.17, 15) is 4.79 Å². The van der Waals surface area contributed by atoms with E-state index in [1.165, 1.54) is 10.8 Å². The maximum atomic E-state index is 12.1. The second-order valence-corrected chi connectivity index (χ2v) is 5.44. The van der Waals surface area contributed by atoms with E-state index >= 15 is 0 Å². The fourth-order valence-electron chi connectivity index (χ4n) is 1.74. The van der Waals surface area contributed by atoms with E-state index in [0.717, 1.165) is 0 Å². The third-order valence-electron chi connectivity index (χ3n) is 2.81. The van der Waals surface area contributed by atoms with Crippen molar-refractivity contribution in [1.82, 2.24) is 19.9 Å². The third kappa shape index (κ3) is 3.25. The molecule has 0 aliphatic carbocycles. The second kappa shape index (κ2) is 6.28. The van der Waals surface area contributed by atoms with Crippen LogP contribution >= 0.6 is 23.2 Å². The molecule has 2 rings (SSSR count). The molecule has 1 heterocycles. The summed E-state index contributed by atoms with van der Waals surface area (Å²) in [5.41, 5.74) is 1.47. The van der Waals surface area contributed by atoms with Gasteiger partial charge >= 0.3 is 0 Å². The molecule has 5 nitrogen and oxygen atoms in total. The summed E-state index contributed by atoms with van der Waals surface area (Å²) < 4.78 is 1.50. The molecule has 21 heavy (non-hydrogen) atoms. The Balaban J connectivity index is 2.42. The van der Waals surface area contributed by atoms with E-state index in [-0.39, 0.29) is 11.5 Å². The predicted molar refractivity (Wildman–Crippen MR) is 83.3 cm³/mol. The summed E-state index contributed by atoms with van der Waals surface area (Å²) in [6, 6.07) is 5.21. The van der Waals surface area contributed by atoms with E-state index < -0.39 is 0 Å².